The van der Waals surface area contributed by atoms with Crippen molar-refractivity contribution >= 4 is 17.6 Å². The summed E-state index contributed by atoms with van der Waals surface area (Å²) in [6.07, 6.45) is 2.32. The number of nitrogens with one attached hydrogen (secondary N) is 1. The third-order valence-electron chi connectivity index (χ3n) is 5.54. The van der Waals surface area contributed by atoms with Gasteiger partial charge in [0, 0.05) is 31.7 Å². The lowest BCUT2D eigenvalue weighted by Crippen LogP contribution is -2.45. The van der Waals surface area contributed by atoms with E-state index >= 15 is 0 Å². The van der Waals surface area contributed by atoms with Gasteiger partial charge in [-0.3, -0.25) is 4.79 Å². The van der Waals surface area contributed by atoms with Crippen molar-refractivity contribution in [2.24, 2.45) is 0 Å². The summed E-state index contributed by atoms with van der Waals surface area (Å²) < 4.78 is 0. The Morgan fingerprint density at radius 2 is 1.90 bits per heavy atom. The molecule has 0 aromatic heterocycles. The first-order chi connectivity index (χ1) is 14.0. The standard InChI is InChI=1S/C24H31N3O2/c1-4-5-13-26(16-20-9-7-6-8-10-20)24(29)25-21-15-23(28)27(17-21)22-12-11-18(2)19(3)14-22/h6-12,14,21H,4-5,13,15-17H2,1-3H3,(H,25,29). The van der Waals surface area contributed by atoms with Crippen molar-refractivity contribution in [3.63, 3.8) is 0 Å². The van der Waals surface area contributed by atoms with Crippen LogP contribution in [0.3, 0.4) is 0 Å². The second kappa shape index (κ2) is 9.59. The lowest BCUT2D eigenvalue weighted by molar-refractivity contribution is -0.117. The molecule has 1 aliphatic rings. The average Bonchev–Trinajstić information content (AvgIpc) is 3.08. The number of carbonyl (C=O) groups is 2. The van der Waals surface area contributed by atoms with E-state index in [2.05, 4.69) is 19.2 Å². The maximum atomic E-state index is 12.9. The summed E-state index contributed by atoms with van der Waals surface area (Å²) in [5.74, 6) is 0.0571. The Labute approximate surface area is 173 Å². The summed E-state index contributed by atoms with van der Waals surface area (Å²) in [5, 5.41) is 3.09. The molecule has 2 aromatic carbocycles. The van der Waals surface area contributed by atoms with Crippen LogP contribution in [-0.4, -0.2) is 36.0 Å². The van der Waals surface area contributed by atoms with Gasteiger partial charge in [-0.25, -0.2) is 4.79 Å². The topological polar surface area (TPSA) is 52.7 Å². The van der Waals surface area contributed by atoms with E-state index in [0.717, 1.165) is 29.7 Å². The fourth-order valence-electron chi connectivity index (χ4n) is 3.62. The highest BCUT2D eigenvalue weighted by atomic mass is 16.2. The molecular formula is C24H31N3O2. The molecule has 1 aliphatic heterocycles. The molecule has 29 heavy (non-hydrogen) atoms. The quantitative estimate of drug-likeness (QED) is 0.757. The molecule has 1 atom stereocenters. The van der Waals surface area contributed by atoms with Crippen molar-refractivity contribution in [3.8, 4) is 0 Å². The molecule has 0 radical (unpaired) electrons. The van der Waals surface area contributed by atoms with Gasteiger partial charge in [-0.15, -0.1) is 0 Å². The molecule has 3 rings (SSSR count). The minimum absolute atomic E-state index is 0.0571. The average molecular weight is 394 g/mol. The Kier molecular flexibility index (Phi) is 6.91. The summed E-state index contributed by atoms with van der Waals surface area (Å²) >= 11 is 0. The maximum Gasteiger partial charge on any atom is 0.317 e. The van der Waals surface area contributed by atoms with E-state index in [1.165, 1.54) is 5.56 Å². The molecule has 1 N–H and O–H groups in total. The van der Waals surface area contributed by atoms with Gasteiger partial charge < -0.3 is 15.1 Å². The highest BCUT2D eigenvalue weighted by Crippen LogP contribution is 2.24. The summed E-state index contributed by atoms with van der Waals surface area (Å²) in [6.45, 7) is 8.03. The molecule has 5 heteroatoms. The third-order valence-corrected chi connectivity index (χ3v) is 5.54. The molecule has 1 heterocycles. The van der Waals surface area contributed by atoms with Gasteiger partial charge >= 0.3 is 6.03 Å². The van der Waals surface area contributed by atoms with E-state index in [0.29, 0.717) is 26.1 Å². The summed E-state index contributed by atoms with van der Waals surface area (Å²) in [5.41, 5.74) is 4.38. The second-order valence-electron chi connectivity index (χ2n) is 7.88. The van der Waals surface area contributed by atoms with Crippen LogP contribution in [0, 0.1) is 13.8 Å². The van der Waals surface area contributed by atoms with Crippen LogP contribution in [0.25, 0.3) is 0 Å². The van der Waals surface area contributed by atoms with Gasteiger partial charge in [0.15, 0.2) is 0 Å². The molecule has 0 spiro atoms. The highest BCUT2D eigenvalue weighted by Gasteiger charge is 2.32. The monoisotopic (exact) mass is 393 g/mol. The normalized spacial score (nSPS) is 16.2. The molecule has 0 bridgehead atoms. The molecule has 1 fully saturated rings. The summed E-state index contributed by atoms with van der Waals surface area (Å²) in [4.78, 5) is 29.1. The third kappa shape index (κ3) is 5.37. The van der Waals surface area contributed by atoms with Gasteiger partial charge in [0.1, 0.15) is 0 Å². The molecule has 1 unspecified atom stereocenters. The number of anilines is 1. The van der Waals surface area contributed by atoms with Gasteiger partial charge in [0.2, 0.25) is 5.91 Å². The van der Waals surface area contributed by atoms with Gasteiger partial charge in [-0.05, 0) is 49.1 Å². The van der Waals surface area contributed by atoms with Crippen LogP contribution in [-0.2, 0) is 11.3 Å². The van der Waals surface area contributed by atoms with Crippen molar-refractivity contribution in [1.82, 2.24) is 10.2 Å². The van der Waals surface area contributed by atoms with Crippen LogP contribution in [0.1, 0.15) is 42.9 Å². The van der Waals surface area contributed by atoms with Crippen molar-refractivity contribution < 1.29 is 9.59 Å². The smallest absolute Gasteiger partial charge is 0.317 e. The lowest BCUT2D eigenvalue weighted by atomic mass is 10.1. The van der Waals surface area contributed by atoms with E-state index in [4.69, 9.17) is 0 Å². The Bertz CT molecular complexity index is 850. The predicted octanol–water partition coefficient (Wildman–Crippen LogP) is 4.42. The highest BCUT2D eigenvalue weighted by molar-refractivity contribution is 5.97. The molecule has 154 valence electrons. The van der Waals surface area contributed by atoms with Crippen LogP contribution in [0.15, 0.2) is 48.5 Å². The minimum Gasteiger partial charge on any atom is -0.333 e. The number of amides is 3. The van der Waals surface area contributed by atoms with Gasteiger partial charge in [-0.2, -0.15) is 0 Å². The van der Waals surface area contributed by atoms with Crippen molar-refractivity contribution in [2.45, 2.75) is 52.6 Å². The molecule has 5 nitrogen and oxygen atoms in total. The zero-order valence-corrected chi connectivity index (χ0v) is 17.6. The predicted molar refractivity (Wildman–Crippen MR) is 117 cm³/mol. The molecule has 1 saturated heterocycles. The Morgan fingerprint density at radius 3 is 2.59 bits per heavy atom. The van der Waals surface area contributed by atoms with Crippen molar-refractivity contribution in [1.29, 1.82) is 0 Å². The second-order valence-corrected chi connectivity index (χ2v) is 7.88. The Hall–Kier alpha value is -2.82. The number of urea groups is 1. The number of aryl methyl sites for hydroxylation is 2. The van der Waals surface area contributed by atoms with Crippen LogP contribution >= 0.6 is 0 Å². The van der Waals surface area contributed by atoms with Crippen LogP contribution < -0.4 is 10.2 Å². The zero-order chi connectivity index (χ0) is 20.8. The lowest BCUT2D eigenvalue weighted by Gasteiger charge is -2.25. The van der Waals surface area contributed by atoms with E-state index < -0.39 is 0 Å². The fourth-order valence-corrected chi connectivity index (χ4v) is 3.62. The van der Waals surface area contributed by atoms with E-state index in [9.17, 15) is 9.59 Å². The number of unbranched alkanes of at least 4 members (excludes halogenated alkanes) is 1. The van der Waals surface area contributed by atoms with E-state index in [1.807, 2.05) is 60.4 Å². The number of rotatable bonds is 7. The Morgan fingerprint density at radius 1 is 1.14 bits per heavy atom. The molecule has 0 aliphatic carbocycles. The summed E-state index contributed by atoms with van der Waals surface area (Å²) in [6, 6.07) is 15.8. The largest absolute Gasteiger partial charge is 0.333 e. The first kappa shape index (κ1) is 20.9. The van der Waals surface area contributed by atoms with Crippen molar-refractivity contribution in [3.05, 3.63) is 65.2 Å². The summed E-state index contributed by atoms with van der Waals surface area (Å²) in [7, 11) is 0. The van der Waals surface area contributed by atoms with Crippen LogP contribution in [0.5, 0.6) is 0 Å². The zero-order valence-electron chi connectivity index (χ0n) is 17.6. The first-order valence-electron chi connectivity index (χ1n) is 10.4. The molecule has 3 amide bonds. The van der Waals surface area contributed by atoms with Crippen LogP contribution in [0.2, 0.25) is 0 Å². The maximum absolute atomic E-state index is 12.9. The molecular weight excluding hydrogens is 362 g/mol. The molecule has 2 aromatic rings. The van der Waals surface area contributed by atoms with Crippen LogP contribution in [0.4, 0.5) is 10.5 Å². The minimum atomic E-state index is -0.170. The SMILES string of the molecule is CCCCN(Cc1ccccc1)C(=O)NC1CC(=O)N(c2ccc(C)c(C)c2)C1. The Balaban J connectivity index is 1.64. The first-order valence-corrected chi connectivity index (χ1v) is 10.4. The van der Waals surface area contributed by atoms with E-state index in [1.54, 1.807) is 4.90 Å². The van der Waals surface area contributed by atoms with E-state index in [-0.39, 0.29) is 18.0 Å². The van der Waals surface area contributed by atoms with Gasteiger partial charge in [0.05, 0.1) is 6.04 Å². The number of benzene rings is 2. The molecule has 0 saturated carbocycles. The number of hydrogen-bond donors (Lipinski definition) is 1. The van der Waals surface area contributed by atoms with Gasteiger partial charge in [-0.1, -0.05) is 49.7 Å². The fraction of sp³-hybridized carbons (Fsp3) is 0.417. The van der Waals surface area contributed by atoms with Gasteiger partial charge in [0.25, 0.3) is 0 Å². The number of carbonyl (C=O) groups excluding carboxylic acids is 2. The number of hydrogen-bond acceptors (Lipinski definition) is 2. The van der Waals surface area contributed by atoms with Crippen molar-refractivity contribution in [2.75, 3.05) is 18.0 Å². The number of nitrogens with zero attached hydrogens (tertiary/aromatic N) is 2.